The third kappa shape index (κ3) is 4.82. The van der Waals surface area contributed by atoms with Crippen molar-refractivity contribution >= 4 is 17.2 Å². The minimum atomic E-state index is -0.310. The van der Waals surface area contributed by atoms with Crippen molar-refractivity contribution in [2.75, 3.05) is 39.8 Å². The molecule has 0 spiro atoms. The maximum Gasteiger partial charge on any atom is 0.231 e. The quantitative estimate of drug-likeness (QED) is 0.805. The Morgan fingerprint density at radius 3 is 3.10 bits per heavy atom. The number of aromatic nitrogens is 1. The molecule has 20 heavy (non-hydrogen) atoms. The van der Waals surface area contributed by atoms with Gasteiger partial charge in [-0.15, -0.1) is 11.3 Å². The summed E-state index contributed by atoms with van der Waals surface area (Å²) in [5.41, 5.74) is 5.34. The average Bonchev–Trinajstić information content (AvgIpc) is 2.73. The van der Waals surface area contributed by atoms with Gasteiger partial charge in [0.2, 0.25) is 5.91 Å². The van der Waals surface area contributed by atoms with Crippen LogP contribution in [0.3, 0.4) is 0 Å². The van der Waals surface area contributed by atoms with Crippen molar-refractivity contribution in [1.29, 1.82) is 0 Å². The number of carbonyl (C=O) groups is 1. The average molecular weight is 298 g/mol. The number of hydrogen-bond acceptors (Lipinski definition) is 6. The van der Waals surface area contributed by atoms with Crippen molar-refractivity contribution in [3.8, 4) is 0 Å². The van der Waals surface area contributed by atoms with Gasteiger partial charge in [0.1, 0.15) is 0 Å². The van der Waals surface area contributed by atoms with E-state index in [2.05, 4.69) is 16.9 Å². The van der Waals surface area contributed by atoms with Gasteiger partial charge in [0.25, 0.3) is 0 Å². The molecule has 1 fully saturated rings. The second kappa shape index (κ2) is 7.12. The number of hydrogen-bond donors (Lipinski definition) is 1. The van der Waals surface area contributed by atoms with Gasteiger partial charge in [-0.3, -0.25) is 9.69 Å². The fourth-order valence-corrected chi connectivity index (χ4v) is 3.21. The minimum absolute atomic E-state index is 0.127. The Bertz CT molecular complexity index is 451. The highest BCUT2D eigenvalue weighted by Gasteiger charge is 2.22. The van der Waals surface area contributed by atoms with E-state index in [0.29, 0.717) is 13.1 Å². The number of primary amides is 1. The minimum Gasteiger partial charge on any atom is -0.374 e. The van der Waals surface area contributed by atoms with E-state index >= 15 is 0 Å². The zero-order chi connectivity index (χ0) is 14.5. The molecule has 0 bridgehead atoms. The van der Waals surface area contributed by atoms with Gasteiger partial charge >= 0.3 is 0 Å². The van der Waals surface area contributed by atoms with Crippen LogP contribution in [0.25, 0.3) is 0 Å². The molecule has 1 amide bonds. The van der Waals surface area contributed by atoms with Crippen LogP contribution in [-0.4, -0.2) is 66.6 Å². The van der Waals surface area contributed by atoms with Gasteiger partial charge < -0.3 is 15.4 Å². The summed E-state index contributed by atoms with van der Waals surface area (Å²) < 4.78 is 5.76. The second-order valence-electron chi connectivity index (χ2n) is 5.24. The molecule has 2 N–H and O–H groups in total. The predicted molar refractivity (Wildman–Crippen MR) is 78.6 cm³/mol. The standard InChI is InChI=1S/C13H22N4O2S/c1-10-15-5-12(20-10)8-17(9-13(14)18)7-11-6-16(2)3-4-19-11/h5,11H,3-4,6-9H2,1-2H3,(H2,14,18)/t11-/m1/s1. The lowest BCUT2D eigenvalue weighted by Gasteiger charge is -2.33. The van der Waals surface area contributed by atoms with Gasteiger partial charge in [-0.2, -0.15) is 0 Å². The summed E-state index contributed by atoms with van der Waals surface area (Å²) in [5.74, 6) is -0.310. The van der Waals surface area contributed by atoms with Gasteiger partial charge in [-0.25, -0.2) is 4.98 Å². The van der Waals surface area contributed by atoms with Gasteiger partial charge in [-0.05, 0) is 14.0 Å². The van der Waals surface area contributed by atoms with Gasteiger partial charge in [0.15, 0.2) is 0 Å². The molecular weight excluding hydrogens is 276 g/mol. The van der Waals surface area contributed by atoms with E-state index in [1.165, 1.54) is 0 Å². The molecule has 1 aliphatic heterocycles. The van der Waals surface area contributed by atoms with E-state index in [0.717, 1.165) is 29.6 Å². The van der Waals surface area contributed by atoms with Crippen molar-refractivity contribution < 1.29 is 9.53 Å². The van der Waals surface area contributed by atoms with Crippen LogP contribution in [0.15, 0.2) is 6.20 Å². The topological polar surface area (TPSA) is 71.7 Å². The first kappa shape index (κ1) is 15.4. The van der Waals surface area contributed by atoms with Crippen molar-refractivity contribution in [2.45, 2.75) is 19.6 Å². The Kier molecular flexibility index (Phi) is 5.47. The number of nitrogens with two attached hydrogens (primary N) is 1. The number of amides is 1. The SMILES string of the molecule is Cc1ncc(CN(CC(N)=O)C[C@H]2CN(C)CCO2)s1. The Hall–Kier alpha value is -1.02. The Labute approximate surface area is 123 Å². The third-order valence-electron chi connectivity index (χ3n) is 3.23. The lowest BCUT2D eigenvalue weighted by atomic mass is 10.2. The van der Waals surface area contributed by atoms with Crippen molar-refractivity contribution in [1.82, 2.24) is 14.8 Å². The first-order valence-corrected chi connectivity index (χ1v) is 7.56. The molecule has 1 aromatic rings. The van der Waals surface area contributed by atoms with E-state index < -0.39 is 0 Å². The number of morpholine rings is 1. The van der Waals surface area contributed by atoms with Crippen molar-refractivity contribution in [2.24, 2.45) is 5.73 Å². The summed E-state index contributed by atoms with van der Waals surface area (Å²) in [5, 5.41) is 1.03. The molecule has 2 rings (SSSR count). The lowest BCUT2D eigenvalue weighted by Crippen LogP contribution is -2.47. The molecule has 1 aliphatic rings. The zero-order valence-electron chi connectivity index (χ0n) is 12.0. The highest BCUT2D eigenvalue weighted by atomic mass is 32.1. The normalized spacial score (nSPS) is 20.4. The van der Waals surface area contributed by atoms with Gasteiger partial charge in [0, 0.05) is 37.3 Å². The maximum absolute atomic E-state index is 11.2. The maximum atomic E-state index is 11.2. The lowest BCUT2D eigenvalue weighted by molar-refractivity contribution is -0.120. The molecule has 0 aliphatic carbocycles. The highest BCUT2D eigenvalue weighted by Crippen LogP contribution is 2.15. The van der Waals surface area contributed by atoms with Crippen LogP contribution in [0.4, 0.5) is 0 Å². The zero-order valence-corrected chi connectivity index (χ0v) is 12.9. The summed E-state index contributed by atoms with van der Waals surface area (Å²) in [4.78, 5) is 20.9. The van der Waals surface area contributed by atoms with Crippen molar-refractivity contribution in [3.05, 3.63) is 16.1 Å². The largest absolute Gasteiger partial charge is 0.374 e. The first-order chi connectivity index (χ1) is 9.52. The fourth-order valence-electron chi connectivity index (χ4n) is 2.37. The Morgan fingerprint density at radius 2 is 2.50 bits per heavy atom. The second-order valence-corrected chi connectivity index (χ2v) is 6.56. The summed E-state index contributed by atoms with van der Waals surface area (Å²) in [7, 11) is 2.08. The summed E-state index contributed by atoms with van der Waals surface area (Å²) in [6.45, 7) is 6.22. The highest BCUT2D eigenvalue weighted by molar-refractivity contribution is 7.11. The third-order valence-corrected chi connectivity index (χ3v) is 4.13. The molecule has 0 aromatic carbocycles. The van der Waals surface area contributed by atoms with Gasteiger partial charge in [0.05, 0.1) is 24.3 Å². The van der Waals surface area contributed by atoms with E-state index in [9.17, 15) is 4.79 Å². The summed E-state index contributed by atoms with van der Waals surface area (Å²) in [6.07, 6.45) is 1.99. The molecule has 6 nitrogen and oxygen atoms in total. The number of aryl methyl sites for hydroxylation is 1. The number of nitrogens with zero attached hydrogens (tertiary/aromatic N) is 3. The molecule has 7 heteroatoms. The number of ether oxygens (including phenoxy) is 1. The number of carbonyl (C=O) groups excluding carboxylic acids is 1. The van der Waals surface area contributed by atoms with Crippen LogP contribution in [0.5, 0.6) is 0 Å². The number of rotatable bonds is 6. The Morgan fingerprint density at radius 1 is 1.70 bits per heavy atom. The van der Waals surface area contributed by atoms with Crippen LogP contribution in [0.2, 0.25) is 0 Å². The monoisotopic (exact) mass is 298 g/mol. The summed E-state index contributed by atoms with van der Waals surface area (Å²) >= 11 is 1.65. The summed E-state index contributed by atoms with van der Waals surface area (Å²) in [6, 6.07) is 0. The molecule has 1 aromatic heterocycles. The van der Waals surface area contributed by atoms with Crippen LogP contribution >= 0.6 is 11.3 Å². The first-order valence-electron chi connectivity index (χ1n) is 6.75. The molecular formula is C13H22N4O2S. The smallest absolute Gasteiger partial charge is 0.231 e. The van der Waals surface area contributed by atoms with Crippen molar-refractivity contribution in [3.63, 3.8) is 0 Å². The van der Waals surface area contributed by atoms with Crippen LogP contribution in [-0.2, 0) is 16.1 Å². The molecule has 0 radical (unpaired) electrons. The van der Waals surface area contributed by atoms with Crippen LogP contribution in [0.1, 0.15) is 9.88 Å². The van der Waals surface area contributed by atoms with E-state index in [4.69, 9.17) is 10.5 Å². The molecule has 2 heterocycles. The van der Waals surface area contributed by atoms with Crippen LogP contribution in [0, 0.1) is 6.92 Å². The van der Waals surface area contributed by atoms with Crippen LogP contribution < -0.4 is 5.73 Å². The van der Waals surface area contributed by atoms with E-state index in [-0.39, 0.29) is 18.6 Å². The fraction of sp³-hybridized carbons (Fsp3) is 0.692. The number of thiazole rings is 1. The predicted octanol–water partition coefficient (Wildman–Crippen LogP) is 0.0694. The number of likely N-dealkylation sites (N-methyl/N-ethyl adjacent to an activating group) is 1. The molecule has 112 valence electrons. The molecule has 1 atom stereocenters. The molecule has 0 unspecified atom stereocenters. The van der Waals surface area contributed by atoms with E-state index in [1.54, 1.807) is 11.3 Å². The molecule has 0 saturated carbocycles. The Balaban J connectivity index is 1.94. The molecule has 1 saturated heterocycles. The van der Waals surface area contributed by atoms with E-state index in [1.807, 2.05) is 18.0 Å². The van der Waals surface area contributed by atoms with Gasteiger partial charge in [-0.1, -0.05) is 0 Å².